The van der Waals surface area contributed by atoms with Crippen molar-refractivity contribution in [1.29, 1.82) is 0 Å². The van der Waals surface area contributed by atoms with Crippen molar-refractivity contribution < 1.29 is 19.1 Å². The van der Waals surface area contributed by atoms with Gasteiger partial charge in [-0.1, -0.05) is 29.8 Å². The van der Waals surface area contributed by atoms with Crippen LogP contribution in [0, 0.1) is 12.8 Å². The number of amides is 1. The third-order valence-electron chi connectivity index (χ3n) is 4.57. The second kappa shape index (κ2) is 8.47. The largest absolute Gasteiger partial charge is 0.444 e. The molecule has 1 heterocycles. The number of carbonyl (C=O) groups is 3. The number of benzene rings is 1. The van der Waals surface area contributed by atoms with Crippen LogP contribution in [0.3, 0.4) is 0 Å². The van der Waals surface area contributed by atoms with Gasteiger partial charge < -0.3 is 9.64 Å². The van der Waals surface area contributed by atoms with Gasteiger partial charge in [0.2, 0.25) is 0 Å². The van der Waals surface area contributed by atoms with Crippen LogP contribution in [0.2, 0.25) is 0 Å². The van der Waals surface area contributed by atoms with Gasteiger partial charge in [-0.05, 0) is 40.5 Å². The van der Waals surface area contributed by atoms with E-state index in [2.05, 4.69) is 0 Å². The zero-order valence-electron chi connectivity index (χ0n) is 16.2. The molecule has 0 N–H and O–H groups in total. The van der Waals surface area contributed by atoms with E-state index in [1.54, 1.807) is 4.90 Å². The molecule has 0 atom stereocenters. The van der Waals surface area contributed by atoms with Crippen molar-refractivity contribution in [1.82, 2.24) is 4.90 Å². The summed E-state index contributed by atoms with van der Waals surface area (Å²) < 4.78 is 5.37. The average molecular weight is 359 g/mol. The minimum absolute atomic E-state index is 0.00420. The molecule has 5 heteroatoms. The molecule has 26 heavy (non-hydrogen) atoms. The third-order valence-corrected chi connectivity index (χ3v) is 4.57. The third kappa shape index (κ3) is 5.97. The summed E-state index contributed by atoms with van der Waals surface area (Å²) >= 11 is 0. The lowest BCUT2D eigenvalue weighted by Gasteiger charge is -2.32. The molecule has 1 aromatic rings. The SMILES string of the molecule is Cc1ccc(C(=O)CCC(=O)C2CCN(C(=O)OC(C)(C)C)CC2)cc1. The molecule has 1 aliphatic heterocycles. The number of aryl methyl sites for hydroxylation is 1. The smallest absolute Gasteiger partial charge is 0.410 e. The number of hydrogen-bond acceptors (Lipinski definition) is 4. The van der Waals surface area contributed by atoms with E-state index in [1.807, 2.05) is 52.0 Å². The van der Waals surface area contributed by atoms with Crippen molar-refractivity contribution in [2.75, 3.05) is 13.1 Å². The van der Waals surface area contributed by atoms with Crippen LogP contribution in [-0.2, 0) is 9.53 Å². The van der Waals surface area contributed by atoms with Gasteiger partial charge in [-0.15, -0.1) is 0 Å². The zero-order valence-corrected chi connectivity index (χ0v) is 16.2. The van der Waals surface area contributed by atoms with Crippen LogP contribution in [0.1, 0.15) is 62.4 Å². The molecule has 1 fully saturated rings. The molecular weight excluding hydrogens is 330 g/mol. The molecule has 0 aliphatic carbocycles. The second-order valence-electron chi connectivity index (χ2n) is 8.00. The summed E-state index contributed by atoms with van der Waals surface area (Å²) in [6.45, 7) is 8.54. The Balaban J connectivity index is 1.77. The molecule has 1 amide bonds. The van der Waals surface area contributed by atoms with Crippen LogP contribution in [-0.4, -0.2) is 41.3 Å². The highest BCUT2D eigenvalue weighted by molar-refractivity contribution is 5.98. The number of nitrogens with zero attached hydrogens (tertiary/aromatic N) is 1. The Hall–Kier alpha value is -2.17. The van der Waals surface area contributed by atoms with E-state index in [0.717, 1.165) is 5.56 Å². The summed E-state index contributed by atoms with van der Waals surface area (Å²) in [6, 6.07) is 7.42. The monoisotopic (exact) mass is 359 g/mol. The Labute approximate surface area is 155 Å². The van der Waals surface area contributed by atoms with Crippen molar-refractivity contribution in [3.63, 3.8) is 0 Å². The van der Waals surface area contributed by atoms with Crippen LogP contribution < -0.4 is 0 Å². The van der Waals surface area contributed by atoms with Crippen molar-refractivity contribution in [2.45, 2.75) is 59.0 Å². The first-order valence-corrected chi connectivity index (χ1v) is 9.26. The first-order valence-electron chi connectivity index (χ1n) is 9.26. The molecule has 0 saturated carbocycles. The van der Waals surface area contributed by atoms with Gasteiger partial charge in [-0.3, -0.25) is 9.59 Å². The molecule has 0 spiro atoms. The molecule has 0 aromatic heterocycles. The van der Waals surface area contributed by atoms with Crippen LogP contribution in [0.15, 0.2) is 24.3 Å². The Kier molecular flexibility index (Phi) is 6.57. The molecule has 142 valence electrons. The van der Waals surface area contributed by atoms with E-state index in [-0.39, 0.29) is 36.4 Å². The molecule has 1 aromatic carbocycles. The fourth-order valence-electron chi connectivity index (χ4n) is 3.04. The minimum atomic E-state index is -0.514. The average Bonchev–Trinajstić information content (AvgIpc) is 2.58. The number of piperidine rings is 1. The maximum atomic E-state index is 12.4. The topological polar surface area (TPSA) is 63.7 Å². The fraction of sp³-hybridized carbons (Fsp3) is 0.571. The van der Waals surface area contributed by atoms with E-state index < -0.39 is 5.60 Å². The van der Waals surface area contributed by atoms with E-state index in [4.69, 9.17) is 4.74 Å². The van der Waals surface area contributed by atoms with Crippen LogP contribution in [0.5, 0.6) is 0 Å². The summed E-state index contributed by atoms with van der Waals surface area (Å²) in [5, 5.41) is 0. The maximum absolute atomic E-state index is 12.4. The highest BCUT2D eigenvalue weighted by atomic mass is 16.6. The molecule has 1 saturated heterocycles. The van der Waals surface area contributed by atoms with Crippen molar-refractivity contribution in [3.8, 4) is 0 Å². The summed E-state index contributed by atoms with van der Waals surface area (Å²) in [7, 11) is 0. The van der Waals surface area contributed by atoms with E-state index in [9.17, 15) is 14.4 Å². The Morgan fingerprint density at radius 1 is 1.04 bits per heavy atom. The molecule has 0 bridgehead atoms. The number of rotatable bonds is 5. The minimum Gasteiger partial charge on any atom is -0.444 e. The second-order valence-corrected chi connectivity index (χ2v) is 8.00. The quantitative estimate of drug-likeness (QED) is 0.740. The molecular formula is C21H29NO4. The first kappa shape index (κ1) is 20.1. The van der Waals surface area contributed by atoms with Crippen molar-refractivity contribution in [3.05, 3.63) is 35.4 Å². The zero-order chi connectivity index (χ0) is 19.3. The highest BCUT2D eigenvalue weighted by Crippen LogP contribution is 2.22. The van der Waals surface area contributed by atoms with E-state index >= 15 is 0 Å². The normalized spacial score (nSPS) is 15.6. The summed E-state index contributed by atoms with van der Waals surface area (Å²) in [6.07, 6.45) is 1.46. The van der Waals surface area contributed by atoms with Gasteiger partial charge in [0.25, 0.3) is 0 Å². The van der Waals surface area contributed by atoms with Gasteiger partial charge in [0, 0.05) is 37.4 Å². The van der Waals surface area contributed by atoms with Crippen LogP contribution >= 0.6 is 0 Å². The number of Topliss-reactive ketones (excluding diaryl/α,β-unsaturated/α-hetero) is 2. The van der Waals surface area contributed by atoms with Gasteiger partial charge >= 0.3 is 6.09 Å². The molecule has 5 nitrogen and oxygen atoms in total. The molecule has 2 rings (SSSR count). The predicted molar refractivity (Wildman–Crippen MR) is 100 cm³/mol. The number of hydrogen-bond donors (Lipinski definition) is 0. The standard InChI is InChI=1S/C21H29NO4/c1-15-5-7-16(8-6-15)18(23)9-10-19(24)17-11-13-22(14-12-17)20(25)26-21(2,3)4/h5-8,17H,9-14H2,1-4H3. The van der Waals surface area contributed by atoms with Gasteiger partial charge in [-0.2, -0.15) is 0 Å². The van der Waals surface area contributed by atoms with E-state index in [1.165, 1.54) is 0 Å². The number of likely N-dealkylation sites (tertiary alicyclic amines) is 1. The van der Waals surface area contributed by atoms with Gasteiger partial charge in [0.05, 0.1) is 0 Å². The van der Waals surface area contributed by atoms with Crippen molar-refractivity contribution >= 4 is 17.7 Å². The number of ketones is 2. The number of carbonyl (C=O) groups excluding carboxylic acids is 3. The van der Waals surface area contributed by atoms with Crippen molar-refractivity contribution in [2.24, 2.45) is 5.92 Å². The fourth-order valence-corrected chi connectivity index (χ4v) is 3.04. The molecule has 0 unspecified atom stereocenters. The summed E-state index contributed by atoms with van der Waals surface area (Å²) in [5.41, 5.74) is 1.25. The van der Waals surface area contributed by atoms with Gasteiger partial charge in [0.15, 0.2) is 5.78 Å². The first-order chi connectivity index (χ1) is 12.2. The van der Waals surface area contributed by atoms with E-state index in [0.29, 0.717) is 31.5 Å². The number of ether oxygens (including phenoxy) is 1. The summed E-state index contributed by atoms with van der Waals surface area (Å²) in [5.74, 6) is 0.0540. The van der Waals surface area contributed by atoms with Crippen LogP contribution in [0.25, 0.3) is 0 Å². The molecule has 0 radical (unpaired) electrons. The Morgan fingerprint density at radius 2 is 1.62 bits per heavy atom. The van der Waals surface area contributed by atoms with Gasteiger partial charge in [-0.25, -0.2) is 4.79 Å². The highest BCUT2D eigenvalue weighted by Gasteiger charge is 2.29. The Morgan fingerprint density at radius 3 is 2.15 bits per heavy atom. The predicted octanol–water partition coefficient (Wildman–Crippen LogP) is 4.17. The lowest BCUT2D eigenvalue weighted by molar-refractivity contribution is -0.124. The van der Waals surface area contributed by atoms with Crippen LogP contribution in [0.4, 0.5) is 4.79 Å². The maximum Gasteiger partial charge on any atom is 0.410 e. The summed E-state index contributed by atoms with van der Waals surface area (Å²) in [4.78, 5) is 38.3. The molecule has 1 aliphatic rings. The van der Waals surface area contributed by atoms with Gasteiger partial charge in [0.1, 0.15) is 11.4 Å². The lowest BCUT2D eigenvalue weighted by atomic mass is 9.89. The Bertz CT molecular complexity index is 650. The lowest BCUT2D eigenvalue weighted by Crippen LogP contribution is -2.43.